The van der Waals surface area contributed by atoms with E-state index in [4.69, 9.17) is 5.11 Å². The number of aromatic nitrogens is 2. The molecule has 0 saturated carbocycles. The molecule has 6 heteroatoms. The smallest absolute Gasteiger partial charge is 0.309 e. The van der Waals surface area contributed by atoms with Gasteiger partial charge in [-0.05, 0) is 40.2 Å². The monoisotopic (exact) mass is 312 g/mol. The molecule has 18 heavy (non-hydrogen) atoms. The Morgan fingerprint density at radius 1 is 1.44 bits per heavy atom. The van der Waals surface area contributed by atoms with E-state index in [1.165, 1.54) is 16.8 Å². The summed E-state index contributed by atoms with van der Waals surface area (Å²) in [5, 5.41) is 13.1. The first-order valence-corrected chi connectivity index (χ1v) is 5.97. The molecule has 0 aliphatic rings. The second kappa shape index (κ2) is 4.89. The number of aryl methyl sites for hydroxylation is 1. The Morgan fingerprint density at radius 2 is 2.06 bits per heavy atom. The van der Waals surface area contributed by atoms with Gasteiger partial charge >= 0.3 is 5.97 Å². The van der Waals surface area contributed by atoms with Crippen molar-refractivity contribution in [2.24, 2.45) is 7.05 Å². The molecular weight excluding hydrogens is 303 g/mol. The first-order valence-electron chi connectivity index (χ1n) is 5.18. The van der Waals surface area contributed by atoms with Crippen LogP contribution < -0.4 is 0 Å². The largest absolute Gasteiger partial charge is 0.481 e. The number of carboxylic acids is 1. The first-order chi connectivity index (χ1) is 8.49. The molecule has 94 valence electrons. The van der Waals surface area contributed by atoms with Gasteiger partial charge in [-0.25, -0.2) is 4.39 Å². The molecule has 1 heterocycles. The van der Waals surface area contributed by atoms with E-state index in [9.17, 15) is 9.18 Å². The highest BCUT2D eigenvalue weighted by Gasteiger charge is 2.17. The molecular formula is C12H10BrFN2O2. The molecule has 0 fully saturated rings. The number of hydrogen-bond acceptors (Lipinski definition) is 2. The van der Waals surface area contributed by atoms with E-state index in [1.807, 2.05) is 0 Å². The van der Waals surface area contributed by atoms with Crippen LogP contribution in [0.1, 0.15) is 5.69 Å². The summed E-state index contributed by atoms with van der Waals surface area (Å²) >= 11 is 3.35. The van der Waals surface area contributed by atoms with Crippen LogP contribution in [0.15, 0.2) is 28.7 Å². The lowest BCUT2D eigenvalue weighted by molar-refractivity contribution is -0.136. The van der Waals surface area contributed by atoms with Gasteiger partial charge in [0.15, 0.2) is 0 Å². The van der Waals surface area contributed by atoms with E-state index < -0.39 is 5.97 Å². The van der Waals surface area contributed by atoms with E-state index in [0.29, 0.717) is 15.9 Å². The lowest BCUT2D eigenvalue weighted by Gasteiger charge is -1.98. The van der Waals surface area contributed by atoms with Crippen LogP contribution in [0.5, 0.6) is 0 Å². The van der Waals surface area contributed by atoms with Crippen molar-refractivity contribution < 1.29 is 14.3 Å². The summed E-state index contributed by atoms with van der Waals surface area (Å²) in [4.78, 5) is 10.8. The minimum Gasteiger partial charge on any atom is -0.481 e. The van der Waals surface area contributed by atoms with E-state index in [0.717, 1.165) is 5.56 Å². The predicted molar refractivity (Wildman–Crippen MR) is 67.6 cm³/mol. The molecule has 2 aromatic rings. The maximum absolute atomic E-state index is 12.8. The zero-order valence-corrected chi connectivity index (χ0v) is 11.1. The van der Waals surface area contributed by atoms with Crippen molar-refractivity contribution in [1.82, 2.24) is 9.78 Å². The molecule has 0 spiro atoms. The number of carboxylic acid groups (broad SMARTS) is 1. The number of rotatable bonds is 3. The Morgan fingerprint density at radius 3 is 2.61 bits per heavy atom. The maximum Gasteiger partial charge on any atom is 0.309 e. The van der Waals surface area contributed by atoms with Gasteiger partial charge in [0.25, 0.3) is 0 Å². The zero-order valence-electron chi connectivity index (χ0n) is 9.52. The van der Waals surface area contributed by atoms with Gasteiger partial charge in [0.05, 0.1) is 16.6 Å². The normalized spacial score (nSPS) is 10.6. The molecule has 1 aromatic carbocycles. The molecule has 0 bridgehead atoms. The number of nitrogens with zero attached hydrogens (tertiary/aromatic N) is 2. The van der Waals surface area contributed by atoms with Gasteiger partial charge in [-0.2, -0.15) is 5.10 Å². The van der Waals surface area contributed by atoms with Crippen LogP contribution in [-0.4, -0.2) is 20.9 Å². The fourth-order valence-corrected chi connectivity index (χ4v) is 2.37. The van der Waals surface area contributed by atoms with Crippen LogP contribution in [0.3, 0.4) is 0 Å². The van der Waals surface area contributed by atoms with E-state index in [-0.39, 0.29) is 12.2 Å². The highest BCUT2D eigenvalue weighted by atomic mass is 79.9. The van der Waals surface area contributed by atoms with Crippen molar-refractivity contribution in [3.63, 3.8) is 0 Å². The van der Waals surface area contributed by atoms with Gasteiger partial charge in [0.2, 0.25) is 0 Å². The molecule has 0 unspecified atom stereocenters. The summed E-state index contributed by atoms with van der Waals surface area (Å²) < 4.78 is 15.0. The molecule has 1 aromatic heterocycles. The number of hydrogen-bond donors (Lipinski definition) is 1. The van der Waals surface area contributed by atoms with Crippen LogP contribution in [0.4, 0.5) is 4.39 Å². The molecule has 0 aliphatic carbocycles. The van der Waals surface area contributed by atoms with Crippen LogP contribution in [0, 0.1) is 5.82 Å². The Balaban J connectivity index is 2.46. The van der Waals surface area contributed by atoms with Crippen molar-refractivity contribution >= 4 is 21.9 Å². The minimum absolute atomic E-state index is 0.120. The van der Waals surface area contributed by atoms with Crippen molar-refractivity contribution in [3.8, 4) is 11.3 Å². The first kappa shape index (κ1) is 12.8. The molecule has 0 atom stereocenters. The fourth-order valence-electron chi connectivity index (χ4n) is 1.66. The molecule has 0 saturated heterocycles. The van der Waals surface area contributed by atoms with Crippen molar-refractivity contribution in [1.29, 1.82) is 0 Å². The summed E-state index contributed by atoms with van der Waals surface area (Å²) in [6.07, 6.45) is -0.120. The summed E-state index contributed by atoms with van der Waals surface area (Å²) in [5.74, 6) is -1.25. The standard InChI is InChI=1S/C12H10BrFN2O2/c1-16-9(6-10(17)18)11(13)12(15-16)7-2-4-8(14)5-3-7/h2-5H,6H2,1H3,(H,17,18). The van der Waals surface area contributed by atoms with E-state index >= 15 is 0 Å². The molecule has 2 rings (SSSR count). The average Bonchev–Trinajstić information content (AvgIpc) is 2.58. The lowest BCUT2D eigenvalue weighted by atomic mass is 10.1. The van der Waals surface area contributed by atoms with Crippen LogP contribution >= 0.6 is 15.9 Å². The Labute approximate surface area is 111 Å². The molecule has 4 nitrogen and oxygen atoms in total. The second-order valence-electron chi connectivity index (χ2n) is 3.81. The summed E-state index contributed by atoms with van der Waals surface area (Å²) in [6, 6.07) is 5.89. The number of benzene rings is 1. The van der Waals surface area contributed by atoms with Gasteiger partial charge in [-0.15, -0.1) is 0 Å². The Hall–Kier alpha value is -1.69. The highest BCUT2D eigenvalue weighted by Crippen LogP contribution is 2.30. The van der Waals surface area contributed by atoms with Gasteiger partial charge in [0.1, 0.15) is 11.5 Å². The van der Waals surface area contributed by atoms with Crippen LogP contribution in [0.25, 0.3) is 11.3 Å². The van der Waals surface area contributed by atoms with E-state index in [1.54, 1.807) is 19.2 Å². The maximum atomic E-state index is 12.8. The highest BCUT2D eigenvalue weighted by molar-refractivity contribution is 9.10. The lowest BCUT2D eigenvalue weighted by Crippen LogP contribution is -2.06. The Bertz CT molecular complexity index is 593. The third kappa shape index (κ3) is 2.43. The van der Waals surface area contributed by atoms with Crippen molar-refractivity contribution in [3.05, 3.63) is 40.2 Å². The van der Waals surface area contributed by atoms with Gasteiger partial charge in [-0.1, -0.05) is 0 Å². The average molecular weight is 313 g/mol. The van der Waals surface area contributed by atoms with Gasteiger partial charge < -0.3 is 5.11 Å². The van der Waals surface area contributed by atoms with Crippen molar-refractivity contribution in [2.75, 3.05) is 0 Å². The fraction of sp³-hybridized carbons (Fsp3) is 0.167. The second-order valence-corrected chi connectivity index (χ2v) is 4.60. The quantitative estimate of drug-likeness (QED) is 0.948. The van der Waals surface area contributed by atoms with Crippen LogP contribution in [0.2, 0.25) is 0 Å². The van der Waals surface area contributed by atoms with Crippen LogP contribution in [-0.2, 0) is 18.3 Å². The minimum atomic E-state index is -0.927. The molecule has 0 radical (unpaired) electrons. The predicted octanol–water partition coefficient (Wildman–Crippen LogP) is 2.62. The molecule has 0 amide bonds. The summed E-state index contributed by atoms with van der Waals surface area (Å²) in [6.45, 7) is 0. The Kier molecular flexibility index (Phi) is 3.47. The number of halogens is 2. The number of carbonyl (C=O) groups is 1. The van der Waals surface area contributed by atoms with Gasteiger partial charge in [-0.3, -0.25) is 9.48 Å². The molecule has 0 aliphatic heterocycles. The number of aliphatic carboxylic acids is 1. The van der Waals surface area contributed by atoms with Gasteiger partial charge in [0, 0.05) is 12.6 Å². The third-order valence-electron chi connectivity index (χ3n) is 2.54. The topological polar surface area (TPSA) is 55.1 Å². The third-order valence-corrected chi connectivity index (χ3v) is 3.37. The summed E-state index contributed by atoms with van der Waals surface area (Å²) in [5.41, 5.74) is 1.91. The van der Waals surface area contributed by atoms with E-state index in [2.05, 4.69) is 21.0 Å². The molecule has 1 N–H and O–H groups in total. The van der Waals surface area contributed by atoms with Crippen molar-refractivity contribution in [2.45, 2.75) is 6.42 Å². The summed E-state index contributed by atoms with van der Waals surface area (Å²) in [7, 11) is 1.68. The SMILES string of the molecule is Cn1nc(-c2ccc(F)cc2)c(Br)c1CC(=O)O. The zero-order chi connectivity index (χ0) is 13.3.